The van der Waals surface area contributed by atoms with Gasteiger partial charge in [-0.25, -0.2) is 4.79 Å². The van der Waals surface area contributed by atoms with Crippen LogP contribution in [-0.4, -0.2) is 24.6 Å². The third-order valence-electron chi connectivity index (χ3n) is 2.96. The van der Waals surface area contributed by atoms with Crippen molar-refractivity contribution < 1.29 is 9.53 Å². The summed E-state index contributed by atoms with van der Waals surface area (Å²) in [7, 11) is 1.71. The molecule has 0 fully saturated rings. The van der Waals surface area contributed by atoms with E-state index in [0.29, 0.717) is 38.8 Å². The van der Waals surface area contributed by atoms with Crippen LogP contribution in [0.4, 0.5) is 5.69 Å². The third-order valence-corrected chi connectivity index (χ3v) is 3.73. The molecule has 0 bridgehead atoms. The van der Waals surface area contributed by atoms with Crippen LogP contribution in [0.2, 0.25) is 10.0 Å². The summed E-state index contributed by atoms with van der Waals surface area (Å²) in [6.07, 6.45) is 1.45. The van der Waals surface area contributed by atoms with Crippen LogP contribution in [0.15, 0.2) is 12.3 Å². The number of benzene rings is 1. The number of halogens is 2. The Morgan fingerprint density at radius 1 is 1.45 bits per heavy atom. The maximum atomic E-state index is 12.0. The molecule has 0 aliphatic carbocycles. The summed E-state index contributed by atoms with van der Waals surface area (Å²) >= 11 is 12.5. The van der Waals surface area contributed by atoms with E-state index < -0.39 is 5.97 Å². The number of hydrogen-bond donors (Lipinski definition) is 1. The molecule has 106 valence electrons. The fourth-order valence-corrected chi connectivity index (χ4v) is 2.59. The van der Waals surface area contributed by atoms with Crippen LogP contribution in [0.5, 0.6) is 0 Å². The molecule has 0 aliphatic rings. The Morgan fingerprint density at radius 2 is 2.15 bits per heavy atom. The molecule has 1 aromatic carbocycles. The number of ether oxygens (including phenoxy) is 1. The zero-order valence-corrected chi connectivity index (χ0v) is 12.9. The van der Waals surface area contributed by atoms with Crippen LogP contribution in [0.25, 0.3) is 10.9 Å². The summed E-state index contributed by atoms with van der Waals surface area (Å²) < 4.78 is 5.02. The predicted molar refractivity (Wildman–Crippen MR) is 82.0 cm³/mol. The van der Waals surface area contributed by atoms with Gasteiger partial charge in [0, 0.05) is 18.6 Å². The summed E-state index contributed by atoms with van der Waals surface area (Å²) in [4.78, 5) is 16.2. The Morgan fingerprint density at radius 3 is 2.75 bits per heavy atom. The number of rotatable bonds is 3. The zero-order chi connectivity index (χ0) is 14.9. The number of carbonyl (C=O) groups excluding carboxylic acids is 1. The van der Waals surface area contributed by atoms with Gasteiger partial charge in [0.15, 0.2) is 0 Å². The highest BCUT2D eigenvalue weighted by Crippen LogP contribution is 2.37. The quantitative estimate of drug-likeness (QED) is 0.868. The van der Waals surface area contributed by atoms with Gasteiger partial charge in [-0.15, -0.1) is 0 Å². The van der Waals surface area contributed by atoms with Crippen LogP contribution in [0.3, 0.4) is 0 Å². The minimum Gasteiger partial charge on any atom is -0.462 e. The fourth-order valence-electron chi connectivity index (χ4n) is 2.05. The third kappa shape index (κ3) is 2.41. The van der Waals surface area contributed by atoms with E-state index >= 15 is 0 Å². The predicted octanol–water partition coefficient (Wildman–Crippen LogP) is 4.07. The van der Waals surface area contributed by atoms with Crippen LogP contribution >= 0.6 is 23.2 Å². The average Bonchev–Trinajstić information content (AvgIpc) is 2.43. The van der Waals surface area contributed by atoms with E-state index in [-0.39, 0.29) is 0 Å². The summed E-state index contributed by atoms with van der Waals surface area (Å²) in [6, 6.07) is 1.75. The topological polar surface area (TPSA) is 51.2 Å². The van der Waals surface area contributed by atoms with Crippen molar-refractivity contribution in [2.75, 3.05) is 19.0 Å². The van der Waals surface area contributed by atoms with Gasteiger partial charge in [-0.2, -0.15) is 0 Å². The molecule has 4 nitrogen and oxygen atoms in total. The maximum Gasteiger partial charge on any atom is 0.341 e. The minimum absolute atomic E-state index is 0.294. The van der Waals surface area contributed by atoms with E-state index in [0.717, 1.165) is 5.56 Å². The lowest BCUT2D eigenvalue weighted by Crippen LogP contribution is -2.09. The minimum atomic E-state index is -0.444. The van der Waals surface area contributed by atoms with Crippen molar-refractivity contribution in [3.05, 3.63) is 33.4 Å². The fraction of sp³-hybridized carbons (Fsp3) is 0.286. The van der Waals surface area contributed by atoms with Gasteiger partial charge in [-0.3, -0.25) is 4.98 Å². The molecule has 0 amide bonds. The van der Waals surface area contributed by atoms with E-state index in [1.807, 2.05) is 6.92 Å². The van der Waals surface area contributed by atoms with E-state index in [1.54, 1.807) is 20.0 Å². The first kappa shape index (κ1) is 14.9. The number of nitrogens with zero attached hydrogens (tertiary/aromatic N) is 1. The molecule has 1 aromatic heterocycles. The lowest BCUT2D eigenvalue weighted by atomic mass is 10.1. The van der Waals surface area contributed by atoms with Crippen LogP contribution in [0.1, 0.15) is 22.8 Å². The van der Waals surface area contributed by atoms with Crippen LogP contribution in [-0.2, 0) is 4.74 Å². The number of anilines is 1. The van der Waals surface area contributed by atoms with Crippen molar-refractivity contribution >= 4 is 45.8 Å². The van der Waals surface area contributed by atoms with Gasteiger partial charge in [0.2, 0.25) is 0 Å². The molecule has 2 rings (SSSR count). The molecule has 0 unspecified atom stereocenters. The molecule has 6 heteroatoms. The highest BCUT2D eigenvalue weighted by Gasteiger charge is 2.19. The molecule has 0 aliphatic heterocycles. The molecule has 1 N–H and O–H groups in total. The Bertz CT molecular complexity index is 687. The molecule has 0 saturated heterocycles. The van der Waals surface area contributed by atoms with Crippen molar-refractivity contribution in [2.45, 2.75) is 13.8 Å². The van der Waals surface area contributed by atoms with Gasteiger partial charge < -0.3 is 10.1 Å². The Kier molecular flexibility index (Phi) is 4.35. The van der Waals surface area contributed by atoms with E-state index in [4.69, 9.17) is 27.9 Å². The van der Waals surface area contributed by atoms with Crippen molar-refractivity contribution in [1.82, 2.24) is 4.98 Å². The summed E-state index contributed by atoms with van der Waals surface area (Å²) in [5.74, 6) is -0.444. The number of carbonyl (C=O) groups is 1. The van der Waals surface area contributed by atoms with E-state index in [1.165, 1.54) is 6.20 Å². The largest absolute Gasteiger partial charge is 0.462 e. The first-order valence-corrected chi connectivity index (χ1v) is 6.89. The van der Waals surface area contributed by atoms with Crippen molar-refractivity contribution in [3.8, 4) is 0 Å². The Labute approximate surface area is 127 Å². The van der Waals surface area contributed by atoms with E-state index in [2.05, 4.69) is 10.3 Å². The second kappa shape index (κ2) is 5.85. The molecule has 2 aromatic rings. The first-order chi connectivity index (χ1) is 9.51. The van der Waals surface area contributed by atoms with Crippen molar-refractivity contribution in [3.63, 3.8) is 0 Å². The summed E-state index contributed by atoms with van der Waals surface area (Å²) in [5.41, 5.74) is 2.29. The van der Waals surface area contributed by atoms with Crippen LogP contribution in [0, 0.1) is 6.92 Å². The molecule has 20 heavy (non-hydrogen) atoms. The smallest absolute Gasteiger partial charge is 0.341 e. The molecule has 0 radical (unpaired) electrons. The number of pyridine rings is 1. The SMILES string of the molecule is CCOC(=O)c1cnc2c(Cl)cc(C)c(Cl)c2c1NC. The molecule has 1 heterocycles. The number of esters is 1. The van der Waals surface area contributed by atoms with Crippen molar-refractivity contribution in [2.24, 2.45) is 0 Å². The highest BCUT2D eigenvalue weighted by atomic mass is 35.5. The summed E-state index contributed by atoms with van der Waals surface area (Å²) in [5, 5.41) is 4.63. The molecular weight excluding hydrogens is 299 g/mol. The normalized spacial score (nSPS) is 10.7. The molecule has 0 saturated carbocycles. The number of aromatic nitrogens is 1. The second-order valence-electron chi connectivity index (χ2n) is 4.23. The molecular formula is C14H14Cl2N2O2. The highest BCUT2D eigenvalue weighted by molar-refractivity contribution is 6.41. The standard InChI is InChI=1S/C14H14Cl2N2O2/c1-4-20-14(19)8-6-18-13-9(15)5-7(2)11(16)10(13)12(8)17-3/h5-6H,4H2,1-3H3,(H,17,18). The zero-order valence-electron chi connectivity index (χ0n) is 11.4. The van der Waals surface area contributed by atoms with Gasteiger partial charge in [-0.05, 0) is 25.5 Å². The van der Waals surface area contributed by atoms with Gasteiger partial charge in [-0.1, -0.05) is 23.2 Å². The van der Waals surface area contributed by atoms with Gasteiger partial charge in [0.25, 0.3) is 0 Å². The number of aryl methyl sites for hydroxylation is 1. The van der Waals surface area contributed by atoms with Crippen LogP contribution < -0.4 is 5.32 Å². The lowest BCUT2D eigenvalue weighted by molar-refractivity contribution is 0.0527. The Balaban J connectivity index is 2.82. The van der Waals surface area contributed by atoms with E-state index in [9.17, 15) is 4.79 Å². The van der Waals surface area contributed by atoms with Crippen molar-refractivity contribution in [1.29, 1.82) is 0 Å². The van der Waals surface area contributed by atoms with Gasteiger partial charge in [0.1, 0.15) is 5.56 Å². The maximum absolute atomic E-state index is 12.0. The van der Waals surface area contributed by atoms with Gasteiger partial charge >= 0.3 is 5.97 Å². The molecule has 0 spiro atoms. The lowest BCUT2D eigenvalue weighted by Gasteiger charge is -2.14. The number of nitrogens with one attached hydrogen (secondary N) is 1. The van der Waals surface area contributed by atoms with Gasteiger partial charge in [0.05, 0.1) is 27.9 Å². The Hall–Kier alpha value is -1.52. The average molecular weight is 313 g/mol. The second-order valence-corrected chi connectivity index (χ2v) is 5.02. The molecule has 0 atom stereocenters. The monoisotopic (exact) mass is 312 g/mol. The first-order valence-electron chi connectivity index (χ1n) is 6.13. The number of hydrogen-bond acceptors (Lipinski definition) is 4. The summed E-state index contributed by atoms with van der Waals surface area (Å²) in [6.45, 7) is 3.89. The number of fused-ring (bicyclic) bond motifs is 1.